The SMILES string of the molecule is C[C@@H]([C@@H]1CC[C@@H](N=[N+]=[N-])[C@@H](O[C@H]2[C@H](O)[C@@H](O)[C@H](NC(=O)OCc3ccccc3)[C@@H](OCc3ccccc3)[C@@H]2NC(=O)OCc2ccccc2)O1)N(C)C(=O)OCc1ccccc1. The van der Waals surface area contributed by atoms with Crippen molar-refractivity contribution in [2.75, 3.05) is 7.05 Å². The Morgan fingerprint density at radius 1 is 0.710 bits per heavy atom. The summed E-state index contributed by atoms with van der Waals surface area (Å²) in [5, 5.41) is 33.1. The number of azide groups is 1. The van der Waals surface area contributed by atoms with E-state index in [1.165, 1.54) is 4.90 Å². The fourth-order valence-corrected chi connectivity index (χ4v) is 7.35. The molecular weight excluding hydrogens is 801 g/mol. The molecule has 62 heavy (non-hydrogen) atoms. The topological polar surface area (TPSA) is 223 Å². The van der Waals surface area contributed by atoms with Gasteiger partial charge in [0.25, 0.3) is 0 Å². The third kappa shape index (κ3) is 12.4. The molecule has 1 saturated carbocycles. The molecule has 3 amide bonds. The van der Waals surface area contributed by atoms with Crippen LogP contribution in [0.4, 0.5) is 14.4 Å². The van der Waals surface area contributed by atoms with Gasteiger partial charge in [-0.1, -0.05) is 126 Å². The second-order valence-corrected chi connectivity index (χ2v) is 15.1. The Hall–Kier alpha value is -6.20. The molecule has 328 valence electrons. The first-order valence-corrected chi connectivity index (χ1v) is 20.4. The van der Waals surface area contributed by atoms with Crippen LogP contribution in [0.3, 0.4) is 0 Å². The minimum atomic E-state index is -1.81. The van der Waals surface area contributed by atoms with Crippen LogP contribution in [0.5, 0.6) is 0 Å². The van der Waals surface area contributed by atoms with Crippen LogP contribution in [0.15, 0.2) is 126 Å². The number of benzene rings is 4. The summed E-state index contributed by atoms with van der Waals surface area (Å²) in [6, 6.07) is 32.0. The van der Waals surface area contributed by atoms with E-state index < -0.39 is 79.3 Å². The third-order valence-corrected chi connectivity index (χ3v) is 10.9. The van der Waals surface area contributed by atoms with Crippen LogP contribution in [-0.4, -0.2) is 101 Å². The second kappa shape index (κ2) is 22.6. The van der Waals surface area contributed by atoms with Gasteiger partial charge in [0.05, 0.1) is 36.9 Å². The number of amides is 3. The lowest BCUT2D eigenvalue weighted by molar-refractivity contribution is -0.271. The Morgan fingerprint density at radius 3 is 1.68 bits per heavy atom. The number of alkyl carbamates (subject to hydrolysis) is 2. The molecule has 0 aromatic heterocycles. The lowest BCUT2D eigenvalue weighted by Crippen LogP contribution is -2.73. The van der Waals surface area contributed by atoms with Crippen molar-refractivity contribution in [1.29, 1.82) is 0 Å². The molecule has 1 aliphatic carbocycles. The number of aliphatic hydroxyl groups excluding tert-OH is 2. The third-order valence-electron chi connectivity index (χ3n) is 10.9. The molecule has 10 atom stereocenters. The second-order valence-electron chi connectivity index (χ2n) is 15.1. The molecule has 2 aliphatic rings. The van der Waals surface area contributed by atoms with Gasteiger partial charge in [-0.2, -0.15) is 0 Å². The van der Waals surface area contributed by atoms with Crippen LogP contribution >= 0.6 is 0 Å². The lowest BCUT2D eigenvalue weighted by atomic mass is 9.81. The standard InChI is InChI=1S/C45H52N6O11/c1-29(51(2)45(56)60-28-33-21-13-6-14-22-33)35-24-23-34(49-50-46)42(61-35)62-41-37(48-44(55)59-27-32-19-11-5-12-20-32)40(57-25-30-15-7-3-8-16-30)36(38(52)39(41)53)47-43(54)58-26-31-17-9-4-10-18-31/h3-22,29,34-42,52-53H,23-28H2,1-2H3,(H,47,54)(H,48,55)/t29-,34+,35-,36-,37-,38-,39+,40+,41+,42+/m0/s1. The number of nitrogens with zero attached hydrogens (tertiary/aromatic N) is 4. The maximum Gasteiger partial charge on any atom is 0.410 e. The predicted octanol–water partition coefficient (Wildman–Crippen LogP) is 6.12. The van der Waals surface area contributed by atoms with Crippen molar-refractivity contribution in [1.82, 2.24) is 15.5 Å². The molecule has 4 aromatic rings. The van der Waals surface area contributed by atoms with Crippen molar-refractivity contribution < 1.29 is 53.0 Å². The highest BCUT2D eigenvalue weighted by molar-refractivity contribution is 5.69. The number of likely N-dealkylation sites (N-methyl/N-ethyl adjacent to an activating group) is 1. The van der Waals surface area contributed by atoms with Crippen molar-refractivity contribution in [3.8, 4) is 0 Å². The number of aliphatic hydroxyl groups is 2. The van der Waals surface area contributed by atoms with Gasteiger partial charge in [0.15, 0.2) is 6.29 Å². The Morgan fingerprint density at radius 2 is 1.18 bits per heavy atom. The molecule has 0 spiro atoms. The minimum absolute atomic E-state index is 0.0525. The summed E-state index contributed by atoms with van der Waals surface area (Å²) < 4.78 is 36.0. The lowest BCUT2D eigenvalue weighted by Gasteiger charge is -2.49. The van der Waals surface area contributed by atoms with Crippen molar-refractivity contribution in [3.05, 3.63) is 154 Å². The Labute approximate surface area is 359 Å². The summed E-state index contributed by atoms with van der Waals surface area (Å²) >= 11 is 0. The van der Waals surface area contributed by atoms with Crippen LogP contribution in [-0.2, 0) is 54.8 Å². The number of hydrogen-bond acceptors (Lipinski definition) is 12. The van der Waals surface area contributed by atoms with E-state index in [-0.39, 0.29) is 32.8 Å². The number of rotatable bonds is 16. The number of ether oxygens (including phenoxy) is 6. The van der Waals surface area contributed by atoms with Gasteiger partial charge in [0, 0.05) is 12.0 Å². The molecule has 1 aliphatic heterocycles. The average Bonchev–Trinajstić information content (AvgIpc) is 3.31. The smallest absolute Gasteiger partial charge is 0.410 e. The van der Waals surface area contributed by atoms with Crippen molar-refractivity contribution in [2.45, 2.75) is 107 Å². The monoisotopic (exact) mass is 852 g/mol. The van der Waals surface area contributed by atoms with Gasteiger partial charge in [0.2, 0.25) is 0 Å². The van der Waals surface area contributed by atoms with E-state index >= 15 is 0 Å². The zero-order valence-electron chi connectivity index (χ0n) is 34.4. The number of nitrogens with one attached hydrogen (secondary N) is 2. The normalized spacial score (nSPS) is 24.9. The molecule has 6 rings (SSSR count). The van der Waals surface area contributed by atoms with Gasteiger partial charge in [-0.25, -0.2) is 14.4 Å². The maximum absolute atomic E-state index is 13.7. The van der Waals surface area contributed by atoms with Crippen LogP contribution in [0.1, 0.15) is 42.0 Å². The first-order chi connectivity index (χ1) is 30.1. The highest BCUT2D eigenvalue weighted by Gasteiger charge is 2.54. The van der Waals surface area contributed by atoms with Crippen LogP contribution in [0.25, 0.3) is 10.4 Å². The van der Waals surface area contributed by atoms with Crippen molar-refractivity contribution in [2.24, 2.45) is 5.11 Å². The zero-order chi connectivity index (χ0) is 43.8. The Bertz CT molecular complexity index is 2070. The number of carbonyl (C=O) groups excluding carboxylic acids is 3. The summed E-state index contributed by atoms with van der Waals surface area (Å²) in [6.07, 6.45) is -10.2. The van der Waals surface area contributed by atoms with E-state index in [2.05, 4.69) is 20.7 Å². The van der Waals surface area contributed by atoms with E-state index in [0.29, 0.717) is 17.5 Å². The molecule has 0 radical (unpaired) electrons. The van der Waals surface area contributed by atoms with Gasteiger partial charge >= 0.3 is 18.3 Å². The van der Waals surface area contributed by atoms with Crippen LogP contribution in [0.2, 0.25) is 0 Å². The molecule has 1 heterocycles. The van der Waals surface area contributed by atoms with Crippen LogP contribution in [0, 0.1) is 0 Å². The highest BCUT2D eigenvalue weighted by Crippen LogP contribution is 2.33. The first kappa shape index (κ1) is 45.3. The van der Waals surface area contributed by atoms with Crippen molar-refractivity contribution in [3.63, 3.8) is 0 Å². The Kier molecular flexibility index (Phi) is 16.5. The van der Waals surface area contributed by atoms with E-state index in [9.17, 15) is 30.1 Å². The van der Waals surface area contributed by atoms with Gasteiger partial charge in [-0.15, -0.1) is 0 Å². The van der Waals surface area contributed by atoms with E-state index in [1.807, 2.05) is 72.8 Å². The number of hydrogen-bond donors (Lipinski definition) is 4. The quantitative estimate of drug-likeness (QED) is 0.0435. The molecule has 17 heteroatoms. The van der Waals surface area contributed by atoms with Gasteiger partial charge in [0.1, 0.15) is 44.2 Å². The Balaban J connectivity index is 1.26. The summed E-state index contributed by atoms with van der Waals surface area (Å²) in [5.74, 6) is 0. The predicted molar refractivity (Wildman–Crippen MR) is 224 cm³/mol. The number of carbonyl (C=O) groups is 3. The molecule has 4 N–H and O–H groups in total. The fraction of sp³-hybridized carbons (Fsp3) is 0.400. The minimum Gasteiger partial charge on any atom is -0.445 e. The largest absolute Gasteiger partial charge is 0.445 e. The molecule has 0 unspecified atom stereocenters. The van der Waals surface area contributed by atoms with Gasteiger partial charge in [-0.05, 0) is 47.6 Å². The van der Waals surface area contributed by atoms with Crippen LogP contribution < -0.4 is 10.6 Å². The molecule has 4 aromatic carbocycles. The molecule has 2 fully saturated rings. The summed E-state index contributed by atoms with van der Waals surface area (Å²) in [6.45, 7) is 1.58. The first-order valence-electron chi connectivity index (χ1n) is 20.4. The fourth-order valence-electron chi connectivity index (χ4n) is 7.35. The summed E-state index contributed by atoms with van der Waals surface area (Å²) in [4.78, 5) is 44.5. The molecule has 17 nitrogen and oxygen atoms in total. The van der Waals surface area contributed by atoms with Crippen molar-refractivity contribution >= 4 is 18.3 Å². The van der Waals surface area contributed by atoms with E-state index in [0.717, 1.165) is 11.1 Å². The van der Waals surface area contributed by atoms with Gasteiger partial charge < -0.3 is 54.2 Å². The zero-order valence-corrected chi connectivity index (χ0v) is 34.4. The molecule has 0 bridgehead atoms. The van der Waals surface area contributed by atoms with Gasteiger partial charge in [-0.3, -0.25) is 0 Å². The van der Waals surface area contributed by atoms with E-state index in [4.69, 9.17) is 28.4 Å². The summed E-state index contributed by atoms with van der Waals surface area (Å²) in [5.41, 5.74) is 12.5. The maximum atomic E-state index is 13.7. The summed E-state index contributed by atoms with van der Waals surface area (Å²) in [7, 11) is 1.58. The average molecular weight is 853 g/mol. The molecular formula is C45H52N6O11. The van der Waals surface area contributed by atoms with E-state index in [1.54, 1.807) is 62.5 Å². The highest BCUT2D eigenvalue weighted by atomic mass is 16.7. The molecule has 1 saturated heterocycles.